The van der Waals surface area contributed by atoms with E-state index in [4.69, 9.17) is 0 Å². The number of nitrogens with one attached hydrogen (secondary N) is 1. The smallest absolute Gasteiger partial charge is 0.143 e. The second kappa shape index (κ2) is 3.47. The Hall–Kier alpha value is -1.58. The second-order valence-electron chi connectivity index (χ2n) is 4.50. The van der Waals surface area contributed by atoms with Gasteiger partial charge in [0.2, 0.25) is 0 Å². The SMILES string of the molecule is Cc1nc(N2CCCC2)c2cc(C)[nH]c2n1. The van der Waals surface area contributed by atoms with E-state index >= 15 is 0 Å². The predicted molar refractivity (Wildman–Crippen MR) is 64.8 cm³/mol. The van der Waals surface area contributed by atoms with E-state index < -0.39 is 0 Å². The van der Waals surface area contributed by atoms with Crippen LogP contribution in [0, 0.1) is 13.8 Å². The summed E-state index contributed by atoms with van der Waals surface area (Å²) in [5.41, 5.74) is 2.11. The Morgan fingerprint density at radius 2 is 1.94 bits per heavy atom. The van der Waals surface area contributed by atoms with Crippen molar-refractivity contribution in [3.8, 4) is 0 Å². The van der Waals surface area contributed by atoms with E-state index in [1.54, 1.807) is 0 Å². The number of hydrogen-bond donors (Lipinski definition) is 1. The molecular weight excluding hydrogens is 200 g/mol. The van der Waals surface area contributed by atoms with E-state index in [2.05, 4.69) is 32.8 Å². The highest BCUT2D eigenvalue weighted by Gasteiger charge is 2.18. The molecule has 84 valence electrons. The maximum Gasteiger partial charge on any atom is 0.143 e. The van der Waals surface area contributed by atoms with Gasteiger partial charge in [-0.3, -0.25) is 0 Å². The third-order valence-corrected chi connectivity index (χ3v) is 3.12. The molecule has 1 fully saturated rings. The van der Waals surface area contributed by atoms with Crippen LogP contribution in [0.15, 0.2) is 6.07 Å². The lowest BCUT2D eigenvalue weighted by Gasteiger charge is -2.17. The Balaban J connectivity index is 2.20. The van der Waals surface area contributed by atoms with Gasteiger partial charge in [-0.25, -0.2) is 9.97 Å². The molecule has 1 N–H and O–H groups in total. The van der Waals surface area contributed by atoms with Gasteiger partial charge in [0, 0.05) is 18.8 Å². The zero-order valence-corrected chi connectivity index (χ0v) is 9.75. The second-order valence-corrected chi connectivity index (χ2v) is 4.50. The first-order chi connectivity index (χ1) is 7.74. The summed E-state index contributed by atoms with van der Waals surface area (Å²) in [6.45, 7) is 6.26. The highest BCUT2D eigenvalue weighted by molar-refractivity contribution is 5.88. The normalized spacial score (nSPS) is 16.2. The minimum atomic E-state index is 0.844. The van der Waals surface area contributed by atoms with Crippen LogP contribution in [0.4, 0.5) is 5.82 Å². The Morgan fingerprint density at radius 3 is 2.69 bits per heavy atom. The average Bonchev–Trinajstić information content (AvgIpc) is 2.83. The third kappa shape index (κ3) is 1.45. The summed E-state index contributed by atoms with van der Waals surface area (Å²) in [6.07, 6.45) is 2.54. The number of aryl methyl sites for hydroxylation is 2. The van der Waals surface area contributed by atoms with Gasteiger partial charge in [-0.15, -0.1) is 0 Å². The molecule has 0 spiro atoms. The summed E-state index contributed by atoms with van der Waals surface area (Å²) in [7, 11) is 0. The number of H-pyrrole nitrogens is 1. The zero-order chi connectivity index (χ0) is 11.1. The summed E-state index contributed by atoms with van der Waals surface area (Å²) >= 11 is 0. The van der Waals surface area contributed by atoms with Crippen molar-refractivity contribution in [3.05, 3.63) is 17.6 Å². The number of hydrogen-bond acceptors (Lipinski definition) is 3. The minimum Gasteiger partial charge on any atom is -0.356 e. The number of anilines is 1. The van der Waals surface area contributed by atoms with Crippen molar-refractivity contribution in [1.82, 2.24) is 15.0 Å². The van der Waals surface area contributed by atoms with Crippen molar-refractivity contribution in [2.75, 3.05) is 18.0 Å². The van der Waals surface area contributed by atoms with Crippen molar-refractivity contribution in [2.24, 2.45) is 0 Å². The fourth-order valence-electron chi connectivity index (χ4n) is 2.40. The Kier molecular flexibility index (Phi) is 2.09. The van der Waals surface area contributed by atoms with Gasteiger partial charge in [0.1, 0.15) is 17.3 Å². The molecule has 0 unspecified atom stereocenters. The van der Waals surface area contributed by atoms with Gasteiger partial charge in [-0.05, 0) is 32.8 Å². The molecule has 0 amide bonds. The monoisotopic (exact) mass is 216 g/mol. The molecule has 4 heteroatoms. The van der Waals surface area contributed by atoms with Crippen molar-refractivity contribution in [2.45, 2.75) is 26.7 Å². The lowest BCUT2D eigenvalue weighted by molar-refractivity contribution is 0.924. The average molecular weight is 216 g/mol. The van der Waals surface area contributed by atoms with Crippen LogP contribution in [-0.2, 0) is 0 Å². The molecule has 2 aromatic rings. The third-order valence-electron chi connectivity index (χ3n) is 3.12. The molecule has 1 aliphatic rings. The first-order valence-corrected chi connectivity index (χ1v) is 5.83. The maximum absolute atomic E-state index is 4.59. The Bertz CT molecular complexity index is 523. The van der Waals surface area contributed by atoms with Crippen molar-refractivity contribution in [1.29, 1.82) is 0 Å². The number of rotatable bonds is 1. The van der Waals surface area contributed by atoms with Crippen LogP contribution in [-0.4, -0.2) is 28.0 Å². The van der Waals surface area contributed by atoms with Crippen LogP contribution < -0.4 is 4.90 Å². The molecule has 0 atom stereocenters. The largest absolute Gasteiger partial charge is 0.356 e. The first kappa shape index (κ1) is 9.63. The molecule has 16 heavy (non-hydrogen) atoms. The van der Waals surface area contributed by atoms with Crippen LogP contribution in [0.5, 0.6) is 0 Å². The molecule has 0 aromatic carbocycles. The lowest BCUT2D eigenvalue weighted by atomic mass is 10.3. The quantitative estimate of drug-likeness (QED) is 0.794. The standard InChI is InChI=1S/C12H16N4/c1-8-7-10-11(13-8)14-9(2)15-12(10)16-5-3-4-6-16/h7H,3-6H2,1-2H3,(H,13,14,15). The van der Waals surface area contributed by atoms with Crippen LogP contribution in [0.1, 0.15) is 24.4 Å². The zero-order valence-electron chi connectivity index (χ0n) is 9.75. The van der Waals surface area contributed by atoms with Gasteiger partial charge in [0.05, 0.1) is 5.39 Å². The fraction of sp³-hybridized carbons (Fsp3) is 0.500. The molecule has 3 rings (SSSR count). The summed E-state index contributed by atoms with van der Waals surface area (Å²) in [4.78, 5) is 14.7. The minimum absolute atomic E-state index is 0.844. The summed E-state index contributed by atoms with van der Waals surface area (Å²) in [5, 5.41) is 1.16. The molecule has 0 aliphatic carbocycles. The Labute approximate surface area is 94.7 Å². The van der Waals surface area contributed by atoms with E-state index in [9.17, 15) is 0 Å². The van der Waals surface area contributed by atoms with Gasteiger partial charge in [0.25, 0.3) is 0 Å². The van der Waals surface area contributed by atoms with Crippen molar-refractivity contribution >= 4 is 16.9 Å². The Morgan fingerprint density at radius 1 is 1.19 bits per heavy atom. The molecule has 3 heterocycles. The number of nitrogens with zero attached hydrogens (tertiary/aromatic N) is 3. The first-order valence-electron chi connectivity index (χ1n) is 5.83. The van der Waals surface area contributed by atoms with E-state index in [-0.39, 0.29) is 0 Å². The summed E-state index contributed by atoms with van der Waals surface area (Å²) in [6, 6.07) is 2.14. The van der Waals surface area contributed by atoms with Crippen LogP contribution in [0.3, 0.4) is 0 Å². The molecule has 0 radical (unpaired) electrons. The highest BCUT2D eigenvalue weighted by Crippen LogP contribution is 2.27. The van der Waals surface area contributed by atoms with Crippen molar-refractivity contribution < 1.29 is 0 Å². The predicted octanol–water partition coefficient (Wildman–Crippen LogP) is 2.17. The molecule has 2 aromatic heterocycles. The van der Waals surface area contributed by atoms with Gasteiger partial charge in [-0.2, -0.15) is 0 Å². The molecular formula is C12H16N4. The van der Waals surface area contributed by atoms with Crippen LogP contribution >= 0.6 is 0 Å². The highest BCUT2D eigenvalue weighted by atomic mass is 15.2. The molecule has 1 saturated heterocycles. The van der Waals surface area contributed by atoms with Gasteiger partial charge in [-0.1, -0.05) is 0 Å². The van der Waals surface area contributed by atoms with E-state index in [1.807, 2.05) is 6.92 Å². The van der Waals surface area contributed by atoms with E-state index in [1.165, 1.54) is 12.8 Å². The number of aromatic nitrogens is 3. The lowest BCUT2D eigenvalue weighted by Crippen LogP contribution is -2.19. The molecule has 0 saturated carbocycles. The van der Waals surface area contributed by atoms with E-state index in [0.29, 0.717) is 0 Å². The van der Waals surface area contributed by atoms with Gasteiger partial charge >= 0.3 is 0 Å². The maximum atomic E-state index is 4.59. The number of aromatic amines is 1. The molecule has 1 aliphatic heterocycles. The van der Waals surface area contributed by atoms with E-state index in [0.717, 1.165) is 41.5 Å². The van der Waals surface area contributed by atoms with Gasteiger partial charge in [0.15, 0.2) is 0 Å². The van der Waals surface area contributed by atoms with Gasteiger partial charge < -0.3 is 9.88 Å². The molecule has 4 nitrogen and oxygen atoms in total. The summed E-state index contributed by atoms with van der Waals surface area (Å²) in [5.74, 6) is 1.95. The number of fused-ring (bicyclic) bond motifs is 1. The fourth-order valence-corrected chi connectivity index (χ4v) is 2.40. The van der Waals surface area contributed by atoms with Crippen molar-refractivity contribution in [3.63, 3.8) is 0 Å². The van der Waals surface area contributed by atoms with Crippen LogP contribution in [0.2, 0.25) is 0 Å². The topological polar surface area (TPSA) is 44.8 Å². The van der Waals surface area contributed by atoms with Crippen LogP contribution in [0.25, 0.3) is 11.0 Å². The molecule has 0 bridgehead atoms. The summed E-state index contributed by atoms with van der Waals surface area (Å²) < 4.78 is 0.